The molecule has 0 spiro atoms. The Kier molecular flexibility index (Phi) is 5.00. The Morgan fingerprint density at radius 2 is 1.79 bits per heavy atom. The monoisotopic (exact) mass is 443 g/mol. The average molecular weight is 444 g/mol. The Morgan fingerprint density at radius 3 is 2.48 bits per heavy atom. The van der Waals surface area contributed by atoms with Crippen molar-refractivity contribution in [3.05, 3.63) is 77.8 Å². The molecule has 3 heterocycles. The first-order valence-corrected chi connectivity index (χ1v) is 11.2. The number of aromatic nitrogens is 4. The Labute approximate surface area is 193 Å². The second-order valence-electron chi connectivity index (χ2n) is 9.71. The van der Waals surface area contributed by atoms with Gasteiger partial charge in [-0.25, -0.2) is 4.68 Å². The molecule has 7 nitrogen and oxygen atoms in total. The molecular weight excluding hydrogens is 414 g/mol. The molecule has 2 aromatic heterocycles. The summed E-state index contributed by atoms with van der Waals surface area (Å²) in [4.78, 5) is 0. The number of hydrogen-bond acceptors (Lipinski definition) is 6. The molecule has 5 rings (SSSR count). The van der Waals surface area contributed by atoms with E-state index < -0.39 is 5.41 Å². The van der Waals surface area contributed by atoms with Crippen LogP contribution in [-0.4, -0.2) is 27.1 Å². The van der Waals surface area contributed by atoms with Gasteiger partial charge in [0.25, 0.3) is 5.89 Å². The van der Waals surface area contributed by atoms with Crippen molar-refractivity contribution >= 4 is 5.82 Å². The van der Waals surface area contributed by atoms with Gasteiger partial charge in [0, 0.05) is 0 Å². The summed E-state index contributed by atoms with van der Waals surface area (Å²) < 4.78 is 13.5. The number of fused-ring (bicyclic) bond motifs is 1. The number of nitrogens with zero attached hydrogens (tertiary/aromatic N) is 4. The summed E-state index contributed by atoms with van der Waals surface area (Å²) in [5, 5.41) is 17.2. The summed E-state index contributed by atoms with van der Waals surface area (Å²) in [6.45, 7) is 8.56. The zero-order chi connectivity index (χ0) is 23.2. The molecule has 0 aliphatic carbocycles. The van der Waals surface area contributed by atoms with Gasteiger partial charge in [0.1, 0.15) is 17.1 Å². The first-order valence-electron chi connectivity index (χ1n) is 11.2. The van der Waals surface area contributed by atoms with Crippen molar-refractivity contribution in [2.45, 2.75) is 51.1 Å². The predicted molar refractivity (Wildman–Crippen MR) is 127 cm³/mol. The molecule has 2 aromatic carbocycles. The SMILES string of the molecule is COc1ccc(C(C)(C)c2nnc(-c3cnn4c3NC(c3ccccc3)CC4(C)C)o2)cc1. The lowest BCUT2D eigenvalue weighted by Gasteiger charge is -2.38. The highest BCUT2D eigenvalue weighted by Crippen LogP contribution is 2.43. The standard InChI is InChI=1S/C26H29N5O2/c1-25(2)15-21(17-9-7-6-8-10-17)28-22-20(16-27-31(22)25)23-29-30-24(33-23)26(3,4)18-11-13-19(32-5)14-12-18/h6-14,16,21,28H,15H2,1-5H3. The molecule has 1 aliphatic heterocycles. The third-order valence-corrected chi connectivity index (χ3v) is 6.56. The van der Waals surface area contributed by atoms with Gasteiger partial charge < -0.3 is 14.5 Å². The van der Waals surface area contributed by atoms with Gasteiger partial charge in [-0.05, 0) is 57.4 Å². The summed E-state index contributed by atoms with van der Waals surface area (Å²) in [7, 11) is 1.66. The average Bonchev–Trinajstić information content (AvgIpc) is 3.47. The number of anilines is 1. The molecule has 0 saturated carbocycles. The van der Waals surface area contributed by atoms with E-state index in [2.05, 4.69) is 72.6 Å². The lowest BCUT2D eigenvalue weighted by Crippen LogP contribution is -2.37. The van der Waals surface area contributed by atoms with Crippen LogP contribution in [0.4, 0.5) is 5.82 Å². The van der Waals surface area contributed by atoms with E-state index in [1.54, 1.807) is 7.11 Å². The molecule has 7 heteroatoms. The highest BCUT2D eigenvalue weighted by Gasteiger charge is 2.37. The zero-order valence-corrected chi connectivity index (χ0v) is 19.7. The van der Waals surface area contributed by atoms with Gasteiger partial charge in [-0.1, -0.05) is 42.5 Å². The molecule has 1 unspecified atom stereocenters. The van der Waals surface area contributed by atoms with Crippen LogP contribution in [-0.2, 0) is 11.0 Å². The molecule has 1 atom stereocenters. The molecule has 0 fully saturated rings. The van der Waals surface area contributed by atoms with Gasteiger partial charge >= 0.3 is 0 Å². The van der Waals surface area contributed by atoms with Crippen LogP contribution in [0.15, 0.2) is 65.2 Å². The number of rotatable bonds is 5. The van der Waals surface area contributed by atoms with Gasteiger partial charge in [-0.3, -0.25) is 0 Å². The Morgan fingerprint density at radius 1 is 1.06 bits per heavy atom. The third-order valence-electron chi connectivity index (χ3n) is 6.56. The largest absolute Gasteiger partial charge is 0.497 e. The molecular formula is C26H29N5O2. The van der Waals surface area contributed by atoms with Crippen LogP contribution in [0.25, 0.3) is 11.5 Å². The molecule has 1 N–H and O–H groups in total. The highest BCUT2D eigenvalue weighted by atomic mass is 16.5. The zero-order valence-electron chi connectivity index (χ0n) is 19.7. The second kappa shape index (κ2) is 7.76. The maximum absolute atomic E-state index is 6.23. The minimum absolute atomic E-state index is 0.162. The number of benzene rings is 2. The minimum atomic E-state index is -0.454. The fraction of sp³-hybridized carbons (Fsp3) is 0.346. The number of hydrogen-bond donors (Lipinski definition) is 1. The summed E-state index contributed by atoms with van der Waals surface area (Å²) in [5.41, 5.74) is 2.51. The van der Waals surface area contributed by atoms with Gasteiger partial charge in [-0.15, -0.1) is 10.2 Å². The number of methoxy groups -OCH3 is 1. The smallest absolute Gasteiger partial charge is 0.253 e. The first-order chi connectivity index (χ1) is 15.8. The van der Waals surface area contributed by atoms with Crippen molar-refractivity contribution in [1.29, 1.82) is 0 Å². The number of ether oxygens (including phenoxy) is 1. The Hall–Kier alpha value is -3.61. The predicted octanol–water partition coefficient (Wildman–Crippen LogP) is 5.56. The van der Waals surface area contributed by atoms with Crippen LogP contribution in [0.2, 0.25) is 0 Å². The van der Waals surface area contributed by atoms with Crippen LogP contribution >= 0.6 is 0 Å². The lowest BCUT2D eigenvalue weighted by atomic mass is 9.84. The van der Waals surface area contributed by atoms with E-state index in [1.165, 1.54) is 5.56 Å². The molecule has 0 saturated heterocycles. The summed E-state index contributed by atoms with van der Waals surface area (Å²) in [6.07, 6.45) is 2.74. The third kappa shape index (κ3) is 3.67. The molecule has 0 radical (unpaired) electrons. The number of nitrogens with one attached hydrogen (secondary N) is 1. The van der Waals surface area contributed by atoms with Crippen molar-refractivity contribution in [2.75, 3.05) is 12.4 Å². The van der Waals surface area contributed by atoms with Crippen molar-refractivity contribution in [3.63, 3.8) is 0 Å². The minimum Gasteiger partial charge on any atom is -0.497 e. The fourth-order valence-electron chi connectivity index (χ4n) is 4.51. The maximum Gasteiger partial charge on any atom is 0.253 e. The van der Waals surface area contributed by atoms with Crippen molar-refractivity contribution < 1.29 is 9.15 Å². The van der Waals surface area contributed by atoms with Gasteiger partial charge in [0.2, 0.25) is 5.89 Å². The first kappa shape index (κ1) is 21.2. The normalized spacial score (nSPS) is 17.3. The quantitative estimate of drug-likeness (QED) is 0.435. The fourth-order valence-corrected chi connectivity index (χ4v) is 4.51. The van der Waals surface area contributed by atoms with Crippen LogP contribution in [0.3, 0.4) is 0 Å². The van der Waals surface area contributed by atoms with E-state index in [9.17, 15) is 0 Å². The van der Waals surface area contributed by atoms with Crippen LogP contribution in [0.5, 0.6) is 5.75 Å². The van der Waals surface area contributed by atoms with Crippen LogP contribution < -0.4 is 10.1 Å². The van der Waals surface area contributed by atoms with Crippen LogP contribution in [0, 0.1) is 0 Å². The van der Waals surface area contributed by atoms with Crippen molar-refractivity contribution in [3.8, 4) is 17.2 Å². The van der Waals surface area contributed by atoms with E-state index in [0.717, 1.165) is 29.1 Å². The van der Waals surface area contributed by atoms with Crippen LogP contribution in [0.1, 0.15) is 57.2 Å². The Bertz CT molecular complexity index is 1260. The Balaban J connectivity index is 1.49. The summed E-state index contributed by atoms with van der Waals surface area (Å²) >= 11 is 0. The highest BCUT2D eigenvalue weighted by molar-refractivity contribution is 5.70. The summed E-state index contributed by atoms with van der Waals surface area (Å²) in [6, 6.07) is 18.6. The molecule has 0 bridgehead atoms. The molecule has 33 heavy (non-hydrogen) atoms. The summed E-state index contributed by atoms with van der Waals surface area (Å²) in [5.74, 6) is 2.73. The topological polar surface area (TPSA) is 78.0 Å². The van der Waals surface area contributed by atoms with E-state index in [-0.39, 0.29) is 11.6 Å². The molecule has 4 aromatic rings. The van der Waals surface area contributed by atoms with Crippen molar-refractivity contribution in [1.82, 2.24) is 20.0 Å². The van der Waals surface area contributed by atoms with Crippen molar-refractivity contribution in [2.24, 2.45) is 0 Å². The van der Waals surface area contributed by atoms with Gasteiger partial charge in [-0.2, -0.15) is 5.10 Å². The van der Waals surface area contributed by atoms with E-state index >= 15 is 0 Å². The van der Waals surface area contributed by atoms with Gasteiger partial charge in [0.05, 0.1) is 30.3 Å². The maximum atomic E-state index is 6.23. The van der Waals surface area contributed by atoms with Gasteiger partial charge in [0.15, 0.2) is 0 Å². The second-order valence-corrected chi connectivity index (χ2v) is 9.71. The molecule has 170 valence electrons. The lowest BCUT2D eigenvalue weighted by molar-refractivity contribution is 0.263. The van der Waals surface area contributed by atoms with E-state index in [0.29, 0.717) is 11.8 Å². The molecule has 1 aliphatic rings. The van der Waals surface area contributed by atoms with E-state index in [1.807, 2.05) is 41.2 Å². The molecule has 0 amide bonds. The van der Waals surface area contributed by atoms with E-state index in [4.69, 9.17) is 9.15 Å².